The Balaban J connectivity index is 3.01. The zero-order valence-electron chi connectivity index (χ0n) is 10.5. The second-order valence-electron chi connectivity index (χ2n) is 3.92. The van der Waals surface area contributed by atoms with Crippen molar-refractivity contribution in [2.24, 2.45) is 5.11 Å². The van der Waals surface area contributed by atoms with Gasteiger partial charge in [-0.05, 0) is 5.53 Å². The van der Waals surface area contributed by atoms with Crippen LogP contribution in [0.15, 0.2) is 5.11 Å². The zero-order valence-corrected chi connectivity index (χ0v) is 11.3. The number of hydrogen-bond acceptors (Lipinski definition) is 7. The number of hydrogen-bond donors (Lipinski definition) is 0. The minimum absolute atomic E-state index is 0.256. The van der Waals surface area contributed by atoms with Gasteiger partial charge in [0.25, 0.3) is 0 Å². The summed E-state index contributed by atoms with van der Waals surface area (Å²) in [4.78, 5) is 13.4. The minimum atomic E-state index is -5.91. The summed E-state index contributed by atoms with van der Waals surface area (Å²) in [6.07, 6.45) is -3.28. The first-order chi connectivity index (χ1) is 9.58. The van der Waals surface area contributed by atoms with Gasteiger partial charge in [-0.15, -0.1) is 0 Å². The van der Waals surface area contributed by atoms with Gasteiger partial charge in [-0.2, -0.15) is 21.6 Å². The fourth-order valence-electron chi connectivity index (χ4n) is 1.55. The van der Waals surface area contributed by atoms with Crippen LogP contribution in [-0.4, -0.2) is 51.4 Å². The summed E-state index contributed by atoms with van der Waals surface area (Å²) < 4.78 is 72.3. The SMILES string of the molecule is CC(=O)OC1C(N=[N+]=[N-])COCC1OS(=O)(=O)C(F)(F)F. The number of rotatable bonds is 4. The summed E-state index contributed by atoms with van der Waals surface area (Å²) in [5.74, 6) is -0.905. The van der Waals surface area contributed by atoms with Crippen molar-refractivity contribution in [2.75, 3.05) is 13.2 Å². The number of esters is 1. The van der Waals surface area contributed by atoms with Gasteiger partial charge in [0.2, 0.25) is 0 Å². The fraction of sp³-hybridized carbons (Fsp3) is 0.875. The molecule has 0 N–H and O–H groups in total. The molecule has 0 bridgehead atoms. The highest BCUT2D eigenvalue weighted by Gasteiger charge is 2.51. The molecule has 3 unspecified atom stereocenters. The van der Waals surface area contributed by atoms with Crippen molar-refractivity contribution in [1.29, 1.82) is 0 Å². The zero-order chi connectivity index (χ0) is 16.3. The molecule has 3 atom stereocenters. The minimum Gasteiger partial charge on any atom is -0.459 e. The smallest absolute Gasteiger partial charge is 0.459 e. The van der Waals surface area contributed by atoms with Crippen molar-refractivity contribution in [3.8, 4) is 0 Å². The molecule has 9 nitrogen and oxygen atoms in total. The molecule has 0 amide bonds. The van der Waals surface area contributed by atoms with E-state index >= 15 is 0 Å². The van der Waals surface area contributed by atoms with Crippen LogP contribution < -0.4 is 0 Å². The number of azide groups is 1. The largest absolute Gasteiger partial charge is 0.523 e. The highest BCUT2D eigenvalue weighted by Crippen LogP contribution is 2.29. The maximum atomic E-state index is 12.3. The Kier molecular flexibility index (Phi) is 5.39. The van der Waals surface area contributed by atoms with Crippen LogP contribution in [0.3, 0.4) is 0 Å². The van der Waals surface area contributed by atoms with Crippen LogP contribution in [0.5, 0.6) is 0 Å². The van der Waals surface area contributed by atoms with E-state index in [0.717, 1.165) is 6.92 Å². The van der Waals surface area contributed by atoms with Crippen LogP contribution in [0, 0.1) is 0 Å². The molecule has 120 valence electrons. The van der Waals surface area contributed by atoms with E-state index in [1.54, 1.807) is 0 Å². The highest BCUT2D eigenvalue weighted by atomic mass is 32.2. The van der Waals surface area contributed by atoms with Gasteiger partial charge in [-0.25, -0.2) is 0 Å². The molecule has 1 rings (SSSR count). The van der Waals surface area contributed by atoms with E-state index in [-0.39, 0.29) is 6.61 Å². The standard InChI is InChI=1S/C8H10F3N3O6S/c1-4(15)19-7-5(13-14-12)2-18-3-6(7)20-21(16,17)8(9,10)11/h5-7H,2-3H2,1H3. The Morgan fingerprint density at radius 2 is 2.05 bits per heavy atom. The van der Waals surface area contributed by atoms with E-state index in [0.29, 0.717) is 0 Å². The summed E-state index contributed by atoms with van der Waals surface area (Å²) in [7, 11) is -5.91. The van der Waals surface area contributed by atoms with Crippen LogP contribution in [0.1, 0.15) is 6.92 Å². The van der Waals surface area contributed by atoms with Gasteiger partial charge in [0, 0.05) is 11.8 Å². The van der Waals surface area contributed by atoms with Crippen molar-refractivity contribution >= 4 is 16.1 Å². The number of halogens is 3. The molecular weight excluding hydrogens is 323 g/mol. The van der Waals surface area contributed by atoms with Crippen LogP contribution in [0.4, 0.5) is 13.2 Å². The number of carbonyl (C=O) groups is 1. The molecule has 0 aromatic rings. The highest BCUT2D eigenvalue weighted by molar-refractivity contribution is 7.87. The normalized spacial score (nSPS) is 26.8. The van der Waals surface area contributed by atoms with E-state index in [1.807, 2.05) is 0 Å². The lowest BCUT2D eigenvalue weighted by molar-refractivity contribution is -0.164. The molecule has 1 saturated heterocycles. The van der Waals surface area contributed by atoms with E-state index in [4.69, 9.17) is 10.3 Å². The molecule has 1 aliphatic rings. The van der Waals surface area contributed by atoms with Crippen molar-refractivity contribution in [1.82, 2.24) is 0 Å². The summed E-state index contributed by atoms with van der Waals surface area (Å²) >= 11 is 0. The summed E-state index contributed by atoms with van der Waals surface area (Å²) in [5.41, 5.74) is 2.70. The molecule has 0 aliphatic carbocycles. The van der Waals surface area contributed by atoms with Crippen molar-refractivity contribution < 1.29 is 40.0 Å². The van der Waals surface area contributed by atoms with E-state index in [9.17, 15) is 26.4 Å². The Morgan fingerprint density at radius 3 is 2.52 bits per heavy atom. The lowest BCUT2D eigenvalue weighted by Crippen LogP contribution is -2.51. The first-order valence-corrected chi connectivity index (χ1v) is 6.78. The average Bonchev–Trinajstić information content (AvgIpc) is 2.31. The van der Waals surface area contributed by atoms with Crippen molar-refractivity contribution in [3.63, 3.8) is 0 Å². The lowest BCUT2D eigenvalue weighted by atomic mass is 10.1. The molecule has 1 heterocycles. The Morgan fingerprint density at radius 1 is 1.43 bits per heavy atom. The van der Waals surface area contributed by atoms with Crippen molar-refractivity contribution in [3.05, 3.63) is 10.4 Å². The van der Waals surface area contributed by atoms with Crippen LogP contribution in [0.2, 0.25) is 0 Å². The molecule has 1 aliphatic heterocycles. The van der Waals surface area contributed by atoms with Crippen LogP contribution in [-0.2, 0) is 28.6 Å². The third-order valence-corrected chi connectivity index (χ3v) is 3.42. The Hall–Kier alpha value is -1.56. The predicted molar refractivity (Wildman–Crippen MR) is 59.2 cm³/mol. The van der Waals surface area contributed by atoms with Gasteiger partial charge in [0.1, 0.15) is 18.2 Å². The molecule has 21 heavy (non-hydrogen) atoms. The van der Waals surface area contributed by atoms with Gasteiger partial charge in [0.05, 0.1) is 13.2 Å². The maximum Gasteiger partial charge on any atom is 0.523 e. The second kappa shape index (κ2) is 6.47. The third-order valence-electron chi connectivity index (χ3n) is 2.35. The average molecular weight is 333 g/mol. The fourth-order valence-corrected chi connectivity index (χ4v) is 2.15. The Bertz CT molecular complexity index is 544. The topological polar surface area (TPSA) is 128 Å². The molecule has 0 saturated carbocycles. The lowest BCUT2D eigenvalue weighted by Gasteiger charge is -2.34. The van der Waals surface area contributed by atoms with E-state index in [2.05, 4.69) is 18.9 Å². The molecule has 0 radical (unpaired) electrons. The maximum absolute atomic E-state index is 12.3. The molecule has 0 aromatic heterocycles. The number of carbonyl (C=O) groups excluding carboxylic acids is 1. The van der Waals surface area contributed by atoms with Gasteiger partial charge in [-0.3, -0.25) is 8.98 Å². The molecule has 0 spiro atoms. The van der Waals surface area contributed by atoms with Crippen LogP contribution in [0.25, 0.3) is 10.4 Å². The number of alkyl halides is 3. The quantitative estimate of drug-likeness (QED) is 0.187. The van der Waals surface area contributed by atoms with E-state index < -0.39 is 46.5 Å². The predicted octanol–water partition coefficient (Wildman–Crippen LogP) is 0.862. The first-order valence-electron chi connectivity index (χ1n) is 5.37. The molecule has 1 fully saturated rings. The molecular formula is C8H10F3N3O6S. The monoisotopic (exact) mass is 333 g/mol. The third kappa shape index (κ3) is 4.46. The van der Waals surface area contributed by atoms with Crippen LogP contribution >= 0.6 is 0 Å². The molecule has 0 aromatic carbocycles. The summed E-state index contributed by atoms with van der Waals surface area (Å²) in [5, 5.41) is 3.18. The second-order valence-corrected chi connectivity index (χ2v) is 5.48. The van der Waals surface area contributed by atoms with Crippen molar-refractivity contribution in [2.45, 2.75) is 30.7 Å². The van der Waals surface area contributed by atoms with Gasteiger partial charge >= 0.3 is 21.6 Å². The number of ether oxygens (including phenoxy) is 2. The van der Waals surface area contributed by atoms with Gasteiger partial charge in [-0.1, -0.05) is 5.11 Å². The van der Waals surface area contributed by atoms with E-state index in [1.165, 1.54) is 0 Å². The first kappa shape index (κ1) is 17.5. The molecule has 13 heteroatoms. The number of nitrogens with zero attached hydrogens (tertiary/aromatic N) is 3. The summed E-state index contributed by atoms with van der Waals surface area (Å²) in [6.45, 7) is 0.122. The summed E-state index contributed by atoms with van der Waals surface area (Å²) in [6, 6.07) is -1.21. The van der Waals surface area contributed by atoms with Gasteiger partial charge < -0.3 is 9.47 Å². The van der Waals surface area contributed by atoms with Gasteiger partial charge in [0.15, 0.2) is 0 Å². The Labute approximate surface area is 116 Å².